The lowest BCUT2D eigenvalue weighted by Crippen LogP contribution is -2.45. The summed E-state index contributed by atoms with van der Waals surface area (Å²) in [5.41, 5.74) is 6.52. The summed E-state index contributed by atoms with van der Waals surface area (Å²) in [7, 11) is 0. The van der Waals surface area contributed by atoms with Crippen LogP contribution in [0.2, 0.25) is 0 Å². The molecule has 0 saturated carbocycles. The Morgan fingerprint density at radius 1 is 1.47 bits per heavy atom. The van der Waals surface area contributed by atoms with E-state index in [0.29, 0.717) is 0 Å². The molecule has 0 spiro atoms. The van der Waals surface area contributed by atoms with E-state index in [4.69, 9.17) is 5.73 Å². The maximum Gasteiger partial charge on any atom is 0.242 e. The minimum atomic E-state index is -0.889. The van der Waals surface area contributed by atoms with E-state index in [1.807, 2.05) is 10.8 Å². The van der Waals surface area contributed by atoms with Crippen molar-refractivity contribution in [2.75, 3.05) is 13.1 Å². The van der Waals surface area contributed by atoms with Gasteiger partial charge in [-0.15, -0.1) is 12.4 Å². The van der Waals surface area contributed by atoms with Crippen molar-refractivity contribution in [2.24, 2.45) is 5.73 Å². The van der Waals surface area contributed by atoms with Crippen LogP contribution in [0.3, 0.4) is 0 Å². The SMILES string of the molecule is Cl.N[C@H](C(=O)N1CCCC1)[C@H](O)c1ccsc1. The van der Waals surface area contributed by atoms with Crippen LogP contribution >= 0.6 is 23.7 Å². The second-order valence-electron chi connectivity index (χ2n) is 4.06. The number of hydrogen-bond donors (Lipinski definition) is 2. The van der Waals surface area contributed by atoms with Crippen molar-refractivity contribution in [1.29, 1.82) is 0 Å². The number of rotatable bonds is 3. The molecule has 2 heterocycles. The summed E-state index contributed by atoms with van der Waals surface area (Å²) < 4.78 is 0. The van der Waals surface area contributed by atoms with E-state index in [1.54, 1.807) is 11.0 Å². The molecule has 0 bridgehead atoms. The smallest absolute Gasteiger partial charge is 0.242 e. The van der Waals surface area contributed by atoms with Gasteiger partial charge in [-0.05, 0) is 35.2 Å². The van der Waals surface area contributed by atoms with Gasteiger partial charge in [0.05, 0.1) is 0 Å². The van der Waals surface area contributed by atoms with Crippen LogP contribution in [-0.4, -0.2) is 35.0 Å². The largest absolute Gasteiger partial charge is 0.386 e. The minimum absolute atomic E-state index is 0. The Kier molecular flexibility index (Phi) is 5.39. The predicted molar refractivity (Wildman–Crippen MR) is 70.3 cm³/mol. The fourth-order valence-corrected chi connectivity index (χ4v) is 2.62. The summed E-state index contributed by atoms with van der Waals surface area (Å²) in [5.74, 6) is -0.142. The number of carbonyl (C=O) groups excluding carboxylic acids is 1. The van der Waals surface area contributed by atoms with Gasteiger partial charge in [-0.25, -0.2) is 0 Å². The molecule has 1 aliphatic rings. The number of carbonyl (C=O) groups is 1. The molecule has 96 valence electrons. The Labute approximate surface area is 111 Å². The summed E-state index contributed by atoms with van der Waals surface area (Å²) in [5, 5.41) is 13.6. The van der Waals surface area contributed by atoms with Gasteiger partial charge in [0, 0.05) is 13.1 Å². The van der Waals surface area contributed by atoms with Gasteiger partial charge in [-0.2, -0.15) is 11.3 Å². The zero-order valence-corrected chi connectivity index (χ0v) is 11.0. The third-order valence-electron chi connectivity index (χ3n) is 2.93. The summed E-state index contributed by atoms with van der Waals surface area (Å²) in [6, 6.07) is 0.958. The fourth-order valence-electron chi connectivity index (χ4n) is 1.93. The van der Waals surface area contributed by atoms with Gasteiger partial charge >= 0.3 is 0 Å². The summed E-state index contributed by atoms with van der Waals surface area (Å²) in [6.07, 6.45) is 1.18. The van der Waals surface area contributed by atoms with Crippen LogP contribution < -0.4 is 5.73 Å². The van der Waals surface area contributed by atoms with E-state index in [1.165, 1.54) is 11.3 Å². The first-order valence-electron chi connectivity index (χ1n) is 5.44. The minimum Gasteiger partial charge on any atom is -0.386 e. The van der Waals surface area contributed by atoms with Gasteiger partial charge in [0.25, 0.3) is 0 Å². The van der Waals surface area contributed by atoms with Crippen molar-refractivity contribution in [1.82, 2.24) is 4.90 Å². The van der Waals surface area contributed by atoms with E-state index in [2.05, 4.69) is 0 Å². The zero-order chi connectivity index (χ0) is 11.5. The monoisotopic (exact) mass is 276 g/mol. The number of hydrogen-bond acceptors (Lipinski definition) is 4. The highest BCUT2D eigenvalue weighted by atomic mass is 35.5. The van der Waals surface area contributed by atoms with Crippen LogP contribution in [0.1, 0.15) is 24.5 Å². The topological polar surface area (TPSA) is 66.6 Å². The number of thiophene rings is 1. The fraction of sp³-hybridized carbons (Fsp3) is 0.545. The molecule has 0 radical (unpaired) electrons. The molecule has 2 atom stereocenters. The second-order valence-corrected chi connectivity index (χ2v) is 4.84. The Morgan fingerprint density at radius 3 is 2.65 bits per heavy atom. The first kappa shape index (κ1) is 14.4. The van der Waals surface area contributed by atoms with Gasteiger partial charge < -0.3 is 15.7 Å². The van der Waals surface area contributed by atoms with Gasteiger partial charge in [-0.3, -0.25) is 4.79 Å². The number of halogens is 1. The maximum atomic E-state index is 11.9. The highest BCUT2D eigenvalue weighted by molar-refractivity contribution is 7.07. The number of aliphatic hydroxyl groups excluding tert-OH is 1. The summed E-state index contributed by atoms with van der Waals surface area (Å²) in [6.45, 7) is 1.53. The average Bonchev–Trinajstić information content (AvgIpc) is 2.97. The molecule has 1 saturated heterocycles. The van der Waals surface area contributed by atoms with E-state index in [9.17, 15) is 9.90 Å². The molecule has 17 heavy (non-hydrogen) atoms. The molecular weight excluding hydrogens is 260 g/mol. The van der Waals surface area contributed by atoms with Crippen LogP contribution in [0.15, 0.2) is 16.8 Å². The van der Waals surface area contributed by atoms with Crippen molar-refractivity contribution in [3.8, 4) is 0 Å². The third-order valence-corrected chi connectivity index (χ3v) is 3.63. The zero-order valence-electron chi connectivity index (χ0n) is 9.41. The van der Waals surface area contributed by atoms with Gasteiger partial charge in [-0.1, -0.05) is 0 Å². The molecule has 1 aromatic rings. The van der Waals surface area contributed by atoms with Crippen molar-refractivity contribution < 1.29 is 9.90 Å². The summed E-state index contributed by atoms with van der Waals surface area (Å²) >= 11 is 1.49. The van der Waals surface area contributed by atoms with Crippen LogP contribution in [-0.2, 0) is 4.79 Å². The average molecular weight is 277 g/mol. The predicted octanol–water partition coefficient (Wildman–Crippen LogP) is 1.15. The first-order valence-corrected chi connectivity index (χ1v) is 6.39. The molecule has 0 unspecified atom stereocenters. The third kappa shape index (κ3) is 3.19. The molecule has 0 aliphatic carbocycles. The van der Waals surface area contributed by atoms with E-state index >= 15 is 0 Å². The summed E-state index contributed by atoms with van der Waals surface area (Å²) in [4.78, 5) is 13.7. The maximum absolute atomic E-state index is 11.9. The van der Waals surface area contributed by atoms with E-state index < -0.39 is 12.1 Å². The molecule has 3 N–H and O–H groups in total. The second kappa shape index (κ2) is 6.35. The van der Waals surface area contributed by atoms with Crippen molar-refractivity contribution in [3.63, 3.8) is 0 Å². The standard InChI is InChI=1S/C11H16N2O2S.ClH/c12-9(10(14)8-3-6-16-7-8)11(15)13-4-1-2-5-13;/h3,6-7,9-10,14H,1-2,4-5,12H2;1H/t9-,10+;/m0./s1. The molecular formula is C11H17ClN2O2S. The lowest BCUT2D eigenvalue weighted by molar-refractivity contribution is -0.134. The quantitative estimate of drug-likeness (QED) is 0.870. The van der Waals surface area contributed by atoms with Crippen molar-refractivity contribution >= 4 is 29.7 Å². The number of nitrogens with two attached hydrogens (primary N) is 1. The molecule has 0 aromatic carbocycles. The van der Waals surface area contributed by atoms with E-state index in [0.717, 1.165) is 31.5 Å². The molecule has 1 fully saturated rings. The number of amides is 1. The van der Waals surface area contributed by atoms with Crippen LogP contribution in [0, 0.1) is 0 Å². The molecule has 1 aromatic heterocycles. The lowest BCUT2D eigenvalue weighted by Gasteiger charge is -2.23. The van der Waals surface area contributed by atoms with Crippen LogP contribution in [0.25, 0.3) is 0 Å². The lowest BCUT2D eigenvalue weighted by atomic mass is 10.1. The van der Waals surface area contributed by atoms with E-state index in [-0.39, 0.29) is 18.3 Å². The normalized spacial score (nSPS) is 18.6. The highest BCUT2D eigenvalue weighted by Crippen LogP contribution is 2.20. The molecule has 2 rings (SSSR count). The number of nitrogens with zero attached hydrogens (tertiary/aromatic N) is 1. The Morgan fingerprint density at radius 2 is 2.12 bits per heavy atom. The molecule has 4 nitrogen and oxygen atoms in total. The molecule has 1 amide bonds. The highest BCUT2D eigenvalue weighted by Gasteiger charge is 2.29. The molecule has 1 aliphatic heterocycles. The van der Waals surface area contributed by atoms with Crippen LogP contribution in [0.4, 0.5) is 0 Å². The van der Waals surface area contributed by atoms with Gasteiger partial charge in [0.1, 0.15) is 12.1 Å². The Hall–Kier alpha value is -0.620. The Bertz CT molecular complexity index is 352. The number of likely N-dealkylation sites (tertiary alicyclic amines) is 1. The first-order chi connectivity index (χ1) is 7.70. The van der Waals surface area contributed by atoms with Crippen molar-refractivity contribution in [2.45, 2.75) is 25.0 Å². The molecule has 6 heteroatoms. The van der Waals surface area contributed by atoms with Gasteiger partial charge in [0.15, 0.2) is 0 Å². The van der Waals surface area contributed by atoms with Crippen LogP contribution in [0.5, 0.6) is 0 Å². The Balaban J connectivity index is 0.00000144. The van der Waals surface area contributed by atoms with Gasteiger partial charge in [0.2, 0.25) is 5.91 Å². The number of aliphatic hydroxyl groups is 1. The van der Waals surface area contributed by atoms with Crippen molar-refractivity contribution in [3.05, 3.63) is 22.4 Å².